The summed E-state index contributed by atoms with van der Waals surface area (Å²) in [4.78, 5) is 38.9. The molecule has 4 bridgehead atoms. The molecule has 0 aromatic rings. The molecule has 0 aromatic heterocycles. The highest BCUT2D eigenvalue weighted by atomic mass is 16.7. The Balaban J connectivity index is 1.94. The van der Waals surface area contributed by atoms with Gasteiger partial charge in [-0.15, -0.1) is 0 Å². The third-order valence-electron chi connectivity index (χ3n) is 6.29. The molecule has 28 heavy (non-hydrogen) atoms. The Morgan fingerprint density at radius 2 is 0.929 bits per heavy atom. The number of carbonyl (C=O) groups excluding carboxylic acids is 3. The van der Waals surface area contributed by atoms with E-state index in [1.165, 1.54) is 21.3 Å². The van der Waals surface area contributed by atoms with Crippen LogP contribution in [0.25, 0.3) is 0 Å². The molecule has 0 unspecified atom stereocenters. The highest BCUT2D eigenvalue weighted by molar-refractivity contribution is 5.87. The van der Waals surface area contributed by atoms with Gasteiger partial charge < -0.3 is 28.4 Å². The number of hydrogen-bond acceptors (Lipinski definition) is 9. The fraction of sp³-hybridized carbons (Fsp3) is 0.842. The predicted molar refractivity (Wildman–Crippen MR) is 92.4 cm³/mol. The summed E-state index contributed by atoms with van der Waals surface area (Å²) in [6.45, 7) is -0.519. The van der Waals surface area contributed by atoms with Gasteiger partial charge in [0.2, 0.25) is 0 Å². The Labute approximate surface area is 163 Å². The van der Waals surface area contributed by atoms with E-state index in [0.717, 1.165) is 0 Å². The van der Waals surface area contributed by atoms with Gasteiger partial charge in [-0.3, -0.25) is 14.4 Å². The molecule has 4 fully saturated rings. The topological polar surface area (TPSA) is 107 Å². The van der Waals surface area contributed by atoms with Gasteiger partial charge in [0.1, 0.15) is 0 Å². The van der Waals surface area contributed by atoms with Gasteiger partial charge in [0.25, 0.3) is 0 Å². The highest BCUT2D eigenvalue weighted by Gasteiger charge is 2.71. The number of rotatable bonds is 9. The maximum atomic E-state index is 13.0. The van der Waals surface area contributed by atoms with Crippen molar-refractivity contribution in [2.75, 3.05) is 41.7 Å². The van der Waals surface area contributed by atoms with E-state index in [1.54, 1.807) is 0 Å². The lowest BCUT2D eigenvalue weighted by Gasteiger charge is -2.62. The van der Waals surface area contributed by atoms with Crippen LogP contribution in [0.15, 0.2) is 0 Å². The third kappa shape index (κ3) is 3.51. The van der Waals surface area contributed by atoms with Crippen LogP contribution in [0.4, 0.5) is 0 Å². The van der Waals surface area contributed by atoms with E-state index in [2.05, 4.69) is 0 Å². The Kier molecular flexibility index (Phi) is 5.97. The van der Waals surface area contributed by atoms with Crippen molar-refractivity contribution in [3.63, 3.8) is 0 Å². The number of esters is 3. The minimum absolute atomic E-state index is 0.0246. The summed E-state index contributed by atoms with van der Waals surface area (Å²) >= 11 is 0. The molecule has 0 spiro atoms. The minimum Gasteiger partial charge on any atom is -0.438 e. The van der Waals surface area contributed by atoms with Gasteiger partial charge in [-0.05, 0) is 44.4 Å². The van der Waals surface area contributed by atoms with Gasteiger partial charge in [-0.2, -0.15) is 0 Å². The molecule has 0 aromatic carbocycles. The molecule has 0 radical (unpaired) electrons. The second-order valence-corrected chi connectivity index (χ2v) is 8.36. The van der Waals surface area contributed by atoms with Crippen LogP contribution in [0.2, 0.25) is 0 Å². The smallest absolute Gasteiger partial charge is 0.314 e. The first-order valence-electron chi connectivity index (χ1n) is 9.34. The van der Waals surface area contributed by atoms with E-state index in [9.17, 15) is 14.4 Å². The van der Waals surface area contributed by atoms with Gasteiger partial charge in [0, 0.05) is 21.3 Å². The van der Waals surface area contributed by atoms with Crippen LogP contribution in [0, 0.1) is 22.2 Å². The monoisotopic (exact) mass is 400 g/mol. The molecule has 0 aliphatic heterocycles. The summed E-state index contributed by atoms with van der Waals surface area (Å²) in [6.07, 6.45) is 2.61. The van der Waals surface area contributed by atoms with E-state index in [4.69, 9.17) is 28.4 Å². The van der Waals surface area contributed by atoms with Crippen molar-refractivity contribution in [3.8, 4) is 0 Å². The van der Waals surface area contributed by atoms with Crippen molar-refractivity contribution in [1.29, 1.82) is 0 Å². The SMILES string of the molecule is COCOC(=O)C12CC3CC(C(=O)OCOC)(C1)CC(C(=O)OCOC)(C3)C2. The fourth-order valence-electron chi connectivity index (χ4n) is 5.92. The van der Waals surface area contributed by atoms with Crippen molar-refractivity contribution in [2.45, 2.75) is 38.5 Å². The van der Waals surface area contributed by atoms with Crippen LogP contribution in [-0.4, -0.2) is 59.6 Å². The number of carbonyl (C=O) groups is 3. The molecule has 4 saturated carbocycles. The number of ether oxygens (including phenoxy) is 6. The van der Waals surface area contributed by atoms with Crippen LogP contribution in [0.5, 0.6) is 0 Å². The molecule has 0 N–H and O–H groups in total. The lowest BCUT2D eigenvalue weighted by molar-refractivity contribution is -0.224. The number of methoxy groups -OCH3 is 3. The second kappa shape index (κ2) is 7.96. The zero-order valence-corrected chi connectivity index (χ0v) is 16.6. The molecular weight excluding hydrogens is 372 g/mol. The molecule has 4 rings (SSSR count). The van der Waals surface area contributed by atoms with Crippen molar-refractivity contribution in [3.05, 3.63) is 0 Å². The van der Waals surface area contributed by atoms with Crippen LogP contribution in [0.1, 0.15) is 38.5 Å². The lowest BCUT2D eigenvalue weighted by Crippen LogP contribution is -2.64. The van der Waals surface area contributed by atoms with Crippen molar-refractivity contribution in [1.82, 2.24) is 0 Å². The van der Waals surface area contributed by atoms with E-state index in [1.807, 2.05) is 0 Å². The number of hydrogen-bond donors (Lipinski definition) is 0. The summed E-state index contributed by atoms with van der Waals surface area (Å²) in [5.74, 6) is -1.29. The Bertz CT molecular complexity index is 537. The zero-order chi connectivity index (χ0) is 20.4. The van der Waals surface area contributed by atoms with Crippen LogP contribution in [-0.2, 0) is 42.8 Å². The van der Waals surface area contributed by atoms with Crippen molar-refractivity contribution in [2.24, 2.45) is 22.2 Å². The maximum absolute atomic E-state index is 13.0. The molecule has 4 aliphatic rings. The summed E-state index contributed by atoms with van der Waals surface area (Å²) in [6, 6.07) is 0. The molecule has 0 amide bonds. The normalized spacial score (nSPS) is 35.5. The Morgan fingerprint density at radius 1 is 0.643 bits per heavy atom. The molecule has 4 aliphatic carbocycles. The van der Waals surface area contributed by atoms with Gasteiger partial charge >= 0.3 is 17.9 Å². The standard InChI is InChI=1S/C19H28O9/c1-23-10-26-14(20)17-4-13-5-18(7-17,15(21)27-11-24-2)9-19(6-13,8-17)16(22)28-12-25-3/h13H,4-12H2,1-3H3. The molecule has 158 valence electrons. The quantitative estimate of drug-likeness (QED) is 0.322. The first-order valence-corrected chi connectivity index (χ1v) is 9.34. The maximum Gasteiger partial charge on any atom is 0.314 e. The molecule has 0 saturated heterocycles. The lowest BCUT2D eigenvalue weighted by atomic mass is 9.39. The Hall–Kier alpha value is -1.71. The summed E-state index contributed by atoms with van der Waals surface area (Å²) in [5.41, 5.74) is -2.80. The van der Waals surface area contributed by atoms with Crippen molar-refractivity contribution >= 4 is 17.9 Å². The molecule has 9 nitrogen and oxygen atoms in total. The first-order chi connectivity index (χ1) is 13.4. The van der Waals surface area contributed by atoms with Crippen LogP contribution >= 0.6 is 0 Å². The van der Waals surface area contributed by atoms with Gasteiger partial charge in [-0.1, -0.05) is 0 Å². The average Bonchev–Trinajstić information content (AvgIpc) is 2.67. The second-order valence-electron chi connectivity index (χ2n) is 8.36. The van der Waals surface area contributed by atoms with E-state index >= 15 is 0 Å². The Morgan fingerprint density at radius 3 is 1.18 bits per heavy atom. The van der Waals surface area contributed by atoms with Crippen LogP contribution in [0.3, 0.4) is 0 Å². The highest BCUT2D eigenvalue weighted by Crippen LogP contribution is 2.70. The van der Waals surface area contributed by atoms with E-state index in [0.29, 0.717) is 38.5 Å². The zero-order valence-electron chi connectivity index (χ0n) is 16.6. The molecule has 0 atom stereocenters. The summed E-state index contributed by atoms with van der Waals surface area (Å²) < 4.78 is 30.4. The van der Waals surface area contributed by atoms with Crippen LogP contribution < -0.4 is 0 Å². The third-order valence-corrected chi connectivity index (χ3v) is 6.29. The minimum atomic E-state index is -0.934. The predicted octanol–water partition coefficient (Wildman–Crippen LogP) is 1.38. The first kappa shape index (κ1) is 21.0. The summed E-state index contributed by atoms with van der Waals surface area (Å²) in [5, 5.41) is 0. The molecule has 9 heteroatoms. The molecule has 0 heterocycles. The molecular formula is C19H28O9. The van der Waals surface area contributed by atoms with E-state index < -0.39 is 34.2 Å². The van der Waals surface area contributed by atoms with Gasteiger partial charge in [-0.25, -0.2) is 0 Å². The fourth-order valence-corrected chi connectivity index (χ4v) is 5.92. The van der Waals surface area contributed by atoms with Crippen molar-refractivity contribution < 1.29 is 42.8 Å². The van der Waals surface area contributed by atoms with Gasteiger partial charge in [0.05, 0.1) is 16.2 Å². The van der Waals surface area contributed by atoms with Gasteiger partial charge in [0.15, 0.2) is 20.4 Å². The largest absolute Gasteiger partial charge is 0.438 e. The average molecular weight is 400 g/mol. The van der Waals surface area contributed by atoms with E-state index in [-0.39, 0.29) is 26.3 Å². The summed E-state index contributed by atoms with van der Waals surface area (Å²) in [7, 11) is 4.29.